The molecule has 2 heterocycles. The summed E-state index contributed by atoms with van der Waals surface area (Å²) >= 11 is 5.76. The van der Waals surface area contributed by atoms with Crippen molar-refractivity contribution >= 4 is 23.1 Å². The summed E-state index contributed by atoms with van der Waals surface area (Å²) in [5.41, 5.74) is 6.27. The average molecular weight is 239 g/mol. The van der Waals surface area contributed by atoms with Crippen LogP contribution in [0, 0.1) is 0 Å². The molecule has 0 bridgehead atoms. The predicted molar refractivity (Wildman–Crippen MR) is 62.0 cm³/mol. The number of nitrogens with one attached hydrogen (secondary N) is 1. The van der Waals surface area contributed by atoms with E-state index in [0.717, 1.165) is 0 Å². The van der Waals surface area contributed by atoms with Gasteiger partial charge in [0.05, 0.1) is 12.2 Å². The van der Waals surface area contributed by atoms with Crippen molar-refractivity contribution in [3.8, 4) is 0 Å². The smallest absolute Gasteiger partial charge is 0.169 e. The highest BCUT2D eigenvalue weighted by Crippen LogP contribution is 2.18. The van der Waals surface area contributed by atoms with Crippen molar-refractivity contribution in [2.75, 3.05) is 11.1 Å². The van der Waals surface area contributed by atoms with Gasteiger partial charge in [-0.2, -0.15) is 5.10 Å². The number of pyridine rings is 1. The summed E-state index contributed by atoms with van der Waals surface area (Å²) < 4.78 is 1.63. The Morgan fingerprint density at radius 3 is 3.00 bits per heavy atom. The molecule has 16 heavy (non-hydrogen) atoms. The molecule has 0 aliphatic rings. The van der Waals surface area contributed by atoms with E-state index in [2.05, 4.69) is 20.4 Å². The molecule has 2 aromatic rings. The summed E-state index contributed by atoms with van der Waals surface area (Å²) in [7, 11) is 1.81. The zero-order valence-electron chi connectivity index (χ0n) is 8.68. The molecule has 84 valence electrons. The first-order chi connectivity index (χ1) is 7.65. The van der Waals surface area contributed by atoms with E-state index < -0.39 is 0 Å². The van der Waals surface area contributed by atoms with Crippen molar-refractivity contribution in [1.29, 1.82) is 0 Å². The van der Waals surface area contributed by atoms with Crippen molar-refractivity contribution < 1.29 is 0 Å². The second-order valence-electron chi connectivity index (χ2n) is 3.26. The molecule has 0 unspecified atom stereocenters. The van der Waals surface area contributed by atoms with Gasteiger partial charge in [-0.05, 0) is 12.1 Å². The minimum absolute atomic E-state index is 0.394. The van der Waals surface area contributed by atoms with Crippen LogP contribution in [0.4, 0.5) is 11.5 Å². The van der Waals surface area contributed by atoms with E-state index in [4.69, 9.17) is 17.3 Å². The fourth-order valence-electron chi connectivity index (χ4n) is 1.22. The number of hydrogen-bond donors (Lipinski definition) is 2. The molecular formula is C9H11ClN6. The number of nitrogens with zero attached hydrogens (tertiary/aromatic N) is 4. The standard InChI is InChI=1S/C9H11ClN6/c1-16-5-13-8(15-16)4-12-9-6(11)2-3-7(10)14-9/h2-3,5H,4,11H2,1H3,(H,12,14). The SMILES string of the molecule is Cn1cnc(CNc2nc(Cl)ccc2N)n1. The van der Waals surface area contributed by atoms with E-state index in [1.807, 2.05) is 7.05 Å². The van der Waals surface area contributed by atoms with Crippen LogP contribution >= 0.6 is 11.6 Å². The first-order valence-electron chi connectivity index (χ1n) is 4.65. The minimum Gasteiger partial charge on any atom is -0.396 e. The fraction of sp³-hybridized carbons (Fsp3) is 0.222. The lowest BCUT2D eigenvalue weighted by Crippen LogP contribution is -2.06. The molecule has 7 heteroatoms. The van der Waals surface area contributed by atoms with Gasteiger partial charge >= 0.3 is 0 Å². The molecular weight excluding hydrogens is 228 g/mol. The van der Waals surface area contributed by atoms with Crippen LogP contribution in [0.5, 0.6) is 0 Å². The largest absolute Gasteiger partial charge is 0.396 e. The van der Waals surface area contributed by atoms with Crippen molar-refractivity contribution in [3.63, 3.8) is 0 Å². The molecule has 2 aromatic heterocycles. The van der Waals surface area contributed by atoms with E-state index in [1.165, 1.54) is 0 Å². The Balaban J connectivity index is 2.07. The summed E-state index contributed by atoms with van der Waals surface area (Å²) in [5.74, 6) is 1.21. The predicted octanol–water partition coefficient (Wildman–Crippen LogP) is 1.06. The third-order valence-corrected chi connectivity index (χ3v) is 2.16. The number of aromatic nitrogens is 4. The third kappa shape index (κ3) is 2.40. The highest BCUT2D eigenvalue weighted by atomic mass is 35.5. The summed E-state index contributed by atoms with van der Waals surface area (Å²) in [6.45, 7) is 0.457. The number of halogens is 1. The van der Waals surface area contributed by atoms with E-state index in [0.29, 0.717) is 29.0 Å². The zero-order chi connectivity index (χ0) is 11.5. The maximum atomic E-state index is 5.76. The average Bonchev–Trinajstić information content (AvgIpc) is 2.66. The number of nitrogen functional groups attached to an aromatic ring is 1. The summed E-state index contributed by atoms with van der Waals surface area (Å²) in [6, 6.07) is 3.34. The first kappa shape index (κ1) is 10.7. The summed E-state index contributed by atoms with van der Waals surface area (Å²) in [5, 5.41) is 7.54. The molecule has 2 rings (SSSR count). The molecule has 0 radical (unpaired) electrons. The molecule has 0 fully saturated rings. The maximum absolute atomic E-state index is 5.76. The van der Waals surface area contributed by atoms with Crippen LogP contribution in [0.3, 0.4) is 0 Å². The van der Waals surface area contributed by atoms with Gasteiger partial charge in [0.2, 0.25) is 0 Å². The van der Waals surface area contributed by atoms with Gasteiger partial charge < -0.3 is 11.1 Å². The van der Waals surface area contributed by atoms with Crippen molar-refractivity contribution in [1.82, 2.24) is 19.7 Å². The number of rotatable bonds is 3. The number of hydrogen-bond acceptors (Lipinski definition) is 5. The molecule has 0 saturated heterocycles. The van der Waals surface area contributed by atoms with Crippen molar-refractivity contribution in [2.45, 2.75) is 6.54 Å². The fourth-order valence-corrected chi connectivity index (χ4v) is 1.36. The van der Waals surface area contributed by atoms with Gasteiger partial charge in [0.15, 0.2) is 11.6 Å². The molecule has 0 amide bonds. The number of aryl methyl sites for hydroxylation is 1. The normalized spacial score (nSPS) is 10.4. The van der Waals surface area contributed by atoms with Gasteiger partial charge in [-0.3, -0.25) is 4.68 Å². The van der Waals surface area contributed by atoms with Gasteiger partial charge in [0.1, 0.15) is 11.5 Å². The van der Waals surface area contributed by atoms with Gasteiger partial charge in [-0.25, -0.2) is 9.97 Å². The Bertz CT molecular complexity index is 494. The van der Waals surface area contributed by atoms with Crippen LogP contribution < -0.4 is 11.1 Å². The van der Waals surface area contributed by atoms with E-state index >= 15 is 0 Å². The molecule has 0 aliphatic carbocycles. The van der Waals surface area contributed by atoms with Crippen LogP contribution in [-0.2, 0) is 13.6 Å². The van der Waals surface area contributed by atoms with Gasteiger partial charge in [0.25, 0.3) is 0 Å². The molecule has 0 saturated carbocycles. The lowest BCUT2D eigenvalue weighted by atomic mass is 10.4. The Morgan fingerprint density at radius 2 is 2.31 bits per heavy atom. The maximum Gasteiger partial charge on any atom is 0.169 e. The topological polar surface area (TPSA) is 81.7 Å². The van der Waals surface area contributed by atoms with Gasteiger partial charge in [-0.1, -0.05) is 11.6 Å². The van der Waals surface area contributed by atoms with E-state index in [-0.39, 0.29) is 0 Å². The summed E-state index contributed by atoms with van der Waals surface area (Å²) in [6.07, 6.45) is 1.63. The molecule has 0 aromatic carbocycles. The molecule has 6 nitrogen and oxygen atoms in total. The Morgan fingerprint density at radius 1 is 1.50 bits per heavy atom. The van der Waals surface area contributed by atoms with Crippen LogP contribution in [0.2, 0.25) is 5.15 Å². The molecule has 0 spiro atoms. The van der Waals surface area contributed by atoms with E-state index in [1.54, 1.807) is 23.1 Å². The minimum atomic E-state index is 0.394. The second kappa shape index (κ2) is 4.36. The molecule has 3 N–H and O–H groups in total. The lowest BCUT2D eigenvalue weighted by Gasteiger charge is -2.06. The lowest BCUT2D eigenvalue weighted by molar-refractivity contribution is 0.747. The van der Waals surface area contributed by atoms with Crippen LogP contribution in [0.25, 0.3) is 0 Å². The molecule has 0 aliphatic heterocycles. The Labute approximate surface area is 97.5 Å². The van der Waals surface area contributed by atoms with Crippen molar-refractivity contribution in [2.24, 2.45) is 7.05 Å². The Hall–Kier alpha value is -1.82. The first-order valence-corrected chi connectivity index (χ1v) is 5.03. The quantitative estimate of drug-likeness (QED) is 0.782. The second-order valence-corrected chi connectivity index (χ2v) is 3.65. The number of anilines is 2. The van der Waals surface area contributed by atoms with Crippen LogP contribution in [0.15, 0.2) is 18.5 Å². The number of nitrogens with two attached hydrogens (primary N) is 1. The van der Waals surface area contributed by atoms with Gasteiger partial charge in [-0.15, -0.1) is 0 Å². The summed E-state index contributed by atoms with van der Waals surface area (Å²) in [4.78, 5) is 8.13. The zero-order valence-corrected chi connectivity index (χ0v) is 9.44. The van der Waals surface area contributed by atoms with Crippen LogP contribution in [-0.4, -0.2) is 19.7 Å². The monoisotopic (exact) mass is 238 g/mol. The Kier molecular flexibility index (Phi) is 2.91. The van der Waals surface area contributed by atoms with Gasteiger partial charge in [0, 0.05) is 7.05 Å². The van der Waals surface area contributed by atoms with Crippen molar-refractivity contribution in [3.05, 3.63) is 29.4 Å². The molecule has 0 atom stereocenters. The highest BCUT2D eigenvalue weighted by Gasteiger charge is 2.03. The van der Waals surface area contributed by atoms with E-state index in [9.17, 15) is 0 Å². The highest BCUT2D eigenvalue weighted by molar-refractivity contribution is 6.29. The van der Waals surface area contributed by atoms with Crippen LogP contribution in [0.1, 0.15) is 5.82 Å². The third-order valence-electron chi connectivity index (χ3n) is 1.95.